The van der Waals surface area contributed by atoms with E-state index in [4.69, 9.17) is 0 Å². The van der Waals surface area contributed by atoms with Crippen LogP contribution < -0.4 is 0 Å². The number of benzene rings is 1. The molecule has 1 saturated carbocycles. The van der Waals surface area contributed by atoms with Crippen molar-refractivity contribution in [1.82, 2.24) is 4.90 Å². The second-order valence-electron chi connectivity index (χ2n) is 6.04. The molecule has 0 bridgehead atoms. The fraction of sp³-hybridized carbons (Fsp3) is 0.588. The van der Waals surface area contributed by atoms with E-state index in [1.54, 1.807) is 0 Å². The molecule has 0 radical (unpaired) electrons. The predicted molar refractivity (Wildman–Crippen MR) is 77.1 cm³/mol. The van der Waals surface area contributed by atoms with Crippen molar-refractivity contribution < 1.29 is 4.79 Å². The van der Waals surface area contributed by atoms with Crippen molar-refractivity contribution in [2.75, 3.05) is 13.1 Å². The first-order valence-electron chi connectivity index (χ1n) is 7.63. The van der Waals surface area contributed by atoms with Crippen LogP contribution in [0.15, 0.2) is 30.3 Å². The summed E-state index contributed by atoms with van der Waals surface area (Å²) < 4.78 is 0. The first-order valence-corrected chi connectivity index (χ1v) is 7.63. The van der Waals surface area contributed by atoms with E-state index in [2.05, 4.69) is 35.2 Å². The summed E-state index contributed by atoms with van der Waals surface area (Å²) in [6.07, 6.45) is 6.72. The lowest BCUT2D eigenvalue weighted by atomic mass is 9.89. The first kappa shape index (κ1) is 12.9. The van der Waals surface area contributed by atoms with E-state index in [1.165, 1.54) is 24.8 Å². The number of rotatable bonds is 3. The third-order valence-electron chi connectivity index (χ3n) is 4.73. The van der Waals surface area contributed by atoms with Gasteiger partial charge in [-0.25, -0.2) is 0 Å². The Morgan fingerprint density at radius 3 is 2.42 bits per heavy atom. The standard InChI is InChI=1S/C17H23NO/c19-17-8-4-7-16(17)18-11-9-15(10-12-18)13-14-5-2-1-3-6-14/h1-3,5-6,15-16H,4,7-13H2. The van der Waals surface area contributed by atoms with Crippen LogP contribution in [0.1, 0.15) is 37.7 Å². The van der Waals surface area contributed by atoms with Gasteiger partial charge in [0.15, 0.2) is 0 Å². The van der Waals surface area contributed by atoms with Crippen molar-refractivity contribution in [2.24, 2.45) is 5.92 Å². The molecule has 1 aliphatic heterocycles. The highest BCUT2D eigenvalue weighted by molar-refractivity contribution is 5.85. The number of Topliss-reactive ketones (excluding diaryl/α,β-unsaturated/α-hetero) is 1. The molecule has 1 unspecified atom stereocenters. The number of likely N-dealkylation sites (tertiary alicyclic amines) is 1. The van der Waals surface area contributed by atoms with Gasteiger partial charge in [-0.15, -0.1) is 0 Å². The van der Waals surface area contributed by atoms with E-state index >= 15 is 0 Å². The zero-order valence-electron chi connectivity index (χ0n) is 11.6. The molecule has 1 aliphatic carbocycles. The minimum Gasteiger partial charge on any atom is -0.298 e. The smallest absolute Gasteiger partial charge is 0.149 e. The molecule has 1 saturated heterocycles. The SMILES string of the molecule is O=C1CCCC1N1CCC(Cc2ccccc2)CC1. The van der Waals surface area contributed by atoms with Gasteiger partial charge < -0.3 is 0 Å². The van der Waals surface area contributed by atoms with Gasteiger partial charge in [0.2, 0.25) is 0 Å². The third-order valence-corrected chi connectivity index (χ3v) is 4.73. The van der Waals surface area contributed by atoms with Crippen molar-refractivity contribution in [3.8, 4) is 0 Å². The Balaban J connectivity index is 1.51. The van der Waals surface area contributed by atoms with E-state index in [0.29, 0.717) is 5.78 Å². The highest BCUT2D eigenvalue weighted by Gasteiger charge is 2.32. The predicted octanol–water partition coefficient (Wildman–Crippen LogP) is 3.06. The maximum Gasteiger partial charge on any atom is 0.149 e. The Hall–Kier alpha value is -1.15. The molecule has 2 fully saturated rings. The quantitative estimate of drug-likeness (QED) is 0.829. The van der Waals surface area contributed by atoms with Gasteiger partial charge in [0.05, 0.1) is 6.04 Å². The molecule has 2 nitrogen and oxygen atoms in total. The zero-order valence-corrected chi connectivity index (χ0v) is 11.6. The van der Waals surface area contributed by atoms with E-state index < -0.39 is 0 Å². The summed E-state index contributed by atoms with van der Waals surface area (Å²) in [5.74, 6) is 1.29. The molecule has 102 valence electrons. The fourth-order valence-corrected chi connectivity index (χ4v) is 3.60. The van der Waals surface area contributed by atoms with Crippen molar-refractivity contribution in [3.63, 3.8) is 0 Å². The van der Waals surface area contributed by atoms with Gasteiger partial charge in [0, 0.05) is 6.42 Å². The summed E-state index contributed by atoms with van der Waals surface area (Å²) in [7, 11) is 0. The summed E-state index contributed by atoms with van der Waals surface area (Å²) in [6, 6.07) is 11.1. The second kappa shape index (κ2) is 5.87. The van der Waals surface area contributed by atoms with Crippen molar-refractivity contribution >= 4 is 5.78 Å². The molecule has 1 heterocycles. The van der Waals surface area contributed by atoms with Crippen LogP contribution in [0, 0.1) is 5.92 Å². The number of carbonyl (C=O) groups is 1. The van der Waals surface area contributed by atoms with Gasteiger partial charge in [-0.1, -0.05) is 30.3 Å². The monoisotopic (exact) mass is 257 g/mol. The van der Waals surface area contributed by atoms with Gasteiger partial charge in [0.1, 0.15) is 5.78 Å². The lowest BCUT2D eigenvalue weighted by molar-refractivity contribution is -0.122. The van der Waals surface area contributed by atoms with Crippen LogP contribution in [0.4, 0.5) is 0 Å². The van der Waals surface area contributed by atoms with Crippen LogP contribution >= 0.6 is 0 Å². The van der Waals surface area contributed by atoms with Crippen LogP contribution in [0.5, 0.6) is 0 Å². The maximum atomic E-state index is 11.8. The number of hydrogen-bond acceptors (Lipinski definition) is 2. The van der Waals surface area contributed by atoms with Crippen molar-refractivity contribution in [1.29, 1.82) is 0 Å². The van der Waals surface area contributed by atoms with E-state index in [9.17, 15) is 4.79 Å². The molecule has 2 aliphatic rings. The minimum atomic E-state index is 0.262. The van der Waals surface area contributed by atoms with Gasteiger partial charge >= 0.3 is 0 Å². The lowest BCUT2D eigenvalue weighted by Gasteiger charge is -2.35. The summed E-state index contributed by atoms with van der Waals surface area (Å²) in [6.45, 7) is 2.24. The Morgan fingerprint density at radius 1 is 1.05 bits per heavy atom. The van der Waals surface area contributed by atoms with Gasteiger partial charge in [-0.3, -0.25) is 9.69 Å². The van der Waals surface area contributed by atoms with E-state index in [-0.39, 0.29) is 6.04 Å². The average Bonchev–Trinajstić information content (AvgIpc) is 2.87. The number of carbonyl (C=O) groups excluding carboxylic acids is 1. The summed E-state index contributed by atoms with van der Waals surface area (Å²) >= 11 is 0. The van der Waals surface area contributed by atoms with Crippen LogP contribution in [-0.2, 0) is 11.2 Å². The molecule has 2 heteroatoms. The summed E-state index contributed by atoms with van der Waals surface area (Å²) in [5, 5.41) is 0. The zero-order chi connectivity index (χ0) is 13.1. The number of hydrogen-bond donors (Lipinski definition) is 0. The van der Waals surface area contributed by atoms with Crippen LogP contribution in [0.25, 0.3) is 0 Å². The molecule has 1 atom stereocenters. The second-order valence-corrected chi connectivity index (χ2v) is 6.04. The number of piperidine rings is 1. The normalized spacial score (nSPS) is 25.9. The highest BCUT2D eigenvalue weighted by Crippen LogP contribution is 2.27. The minimum absolute atomic E-state index is 0.262. The Bertz CT molecular complexity index is 420. The molecule has 0 N–H and O–H groups in total. The fourth-order valence-electron chi connectivity index (χ4n) is 3.60. The van der Waals surface area contributed by atoms with Gasteiger partial charge in [0.25, 0.3) is 0 Å². The van der Waals surface area contributed by atoms with Crippen LogP contribution in [-0.4, -0.2) is 29.8 Å². The largest absolute Gasteiger partial charge is 0.298 e. The molecule has 0 amide bonds. The van der Waals surface area contributed by atoms with Crippen LogP contribution in [0.2, 0.25) is 0 Å². The number of ketones is 1. The number of nitrogens with zero attached hydrogens (tertiary/aromatic N) is 1. The molecule has 0 aromatic heterocycles. The lowest BCUT2D eigenvalue weighted by Crippen LogP contribution is -2.43. The average molecular weight is 257 g/mol. The molecule has 3 rings (SSSR count). The van der Waals surface area contributed by atoms with Crippen LogP contribution in [0.3, 0.4) is 0 Å². The van der Waals surface area contributed by atoms with E-state index in [1.807, 2.05) is 0 Å². The highest BCUT2D eigenvalue weighted by atomic mass is 16.1. The third kappa shape index (κ3) is 3.06. The van der Waals surface area contributed by atoms with Crippen molar-refractivity contribution in [3.05, 3.63) is 35.9 Å². The summed E-state index contributed by atoms with van der Waals surface area (Å²) in [5.41, 5.74) is 1.46. The molecular formula is C17H23NO. The van der Waals surface area contributed by atoms with E-state index in [0.717, 1.165) is 38.3 Å². The van der Waals surface area contributed by atoms with Crippen molar-refractivity contribution in [2.45, 2.75) is 44.6 Å². The van der Waals surface area contributed by atoms with Gasteiger partial charge in [-0.05, 0) is 56.7 Å². The molecular weight excluding hydrogens is 234 g/mol. The first-order chi connectivity index (χ1) is 9.33. The Labute approximate surface area is 115 Å². The molecule has 0 spiro atoms. The maximum absolute atomic E-state index is 11.8. The Morgan fingerprint density at radius 2 is 1.79 bits per heavy atom. The topological polar surface area (TPSA) is 20.3 Å². The Kier molecular flexibility index (Phi) is 3.97. The summed E-state index contributed by atoms with van der Waals surface area (Å²) in [4.78, 5) is 14.2. The van der Waals surface area contributed by atoms with Gasteiger partial charge in [-0.2, -0.15) is 0 Å². The molecule has 1 aromatic rings. The molecule has 19 heavy (non-hydrogen) atoms. The molecule has 1 aromatic carbocycles.